The summed E-state index contributed by atoms with van der Waals surface area (Å²) in [6, 6.07) is 51.5. The van der Waals surface area contributed by atoms with Crippen LogP contribution in [0.15, 0.2) is 146 Å². The van der Waals surface area contributed by atoms with Gasteiger partial charge in [-0.15, -0.1) is 18.5 Å². The number of hydrogen-bond acceptors (Lipinski definition) is 4. The number of halogens is 1. The van der Waals surface area contributed by atoms with E-state index in [-0.39, 0.29) is 7.43 Å². The molecule has 8 rings (SSSR count). The predicted molar refractivity (Wildman–Crippen MR) is 300 cm³/mol. The van der Waals surface area contributed by atoms with Gasteiger partial charge in [0.15, 0.2) is 0 Å². The van der Waals surface area contributed by atoms with Crippen LogP contribution in [0.2, 0.25) is 44.5 Å². The van der Waals surface area contributed by atoms with E-state index in [1.54, 1.807) is 0 Å². The summed E-state index contributed by atoms with van der Waals surface area (Å²) in [7, 11) is 12.1. The first-order chi connectivity index (χ1) is 27.6. The molecule has 0 N–H and O–H groups in total. The molecule has 0 amide bonds. The number of para-hydroxylation sites is 4. The van der Waals surface area contributed by atoms with E-state index in [0.717, 1.165) is 8.88 Å². The van der Waals surface area contributed by atoms with Crippen LogP contribution in [0.5, 0.6) is 0 Å². The summed E-state index contributed by atoms with van der Waals surface area (Å²) in [4.78, 5) is 20.7. The molecule has 13 heteroatoms. The van der Waals surface area contributed by atoms with E-state index in [2.05, 4.69) is 262 Å². The Balaban J connectivity index is 0.000000418. The van der Waals surface area contributed by atoms with Crippen molar-refractivity contribution in [2.24, 2.45) is 0 Å². The predicted octanol–water partition coefficient (Wildman–Crippen LogP) is 14.0. The van der Waals surface area contributed by atoms with Crippen LogP contribution in [0.3, 0.4) is 0 Å². The summed E-state index contributed by atoms with van der Waals surface area (Å²) >= 11 is 12.8. The number of benzene rings is 6. The normalized spacial score (nSPS) is 10.1. The molecule has 0 spiro atoms. The van der Waals surface area contributed by atoms with Crippen LogP contribution < -0.4 is 10.6 Å². The van der Waals surface area contributed by atoms with Crippen LogP contribution in [-0.2, 0) is 53.6 Å². The van der Waals surface area contributed by atoms with Gasteiger partial charge in [0.25, 0.3) is 0 Å². The average molecular weight is 1250 g/mol. The Labute approximate surface area is 404 Å². The summed E-state index contributed by atoms with van der Waals surface area (Å²) in [6.07, 6.45) is 0. The number of fused-ring (bicyclic) bond motifs is 6. The van der Waals surface area contributed by atoms with Gasteiger partial charge in [0, 0.05) is 86.6 Å². The molecule has 0 aliphatic heterocycles. The van der Waals surface area contributed by atoms with Crippen LogP contribution in [0.4, 0.5) is 0 Å². The second-order valence-electron chi connectivity index (χ2n) is 15.1. The number of hydrogen-bond donors (Lipinski definition) is 0. The third-order valence-corrected chi connectivity index (χ3v) is 8.23. The molecule has 0 saturated carbocycles. The van der Waals surface area contributed by atoms with Crippen LogP contribution in [0.1, 0.15) is 7.43 Å². The topological polar surface area (TPSA) is 9.86 Å². The van der Waals surface area contributed by atoms with E-state index in [1.165, 1.54) is 65.6 Å². The van der Waals surface area contributed by atoms with E-state index in [1.807, 2.05) is 0 Å². The molecule has 2 aromatic heterocycles. The summed E-state index contributed by atoms with van der Waals surface area (Å²) in [6.45, 7) is 0. The SMILES string of the molecule is C.Pc1ccc(-n2c3ccccc3c3ccccc32)cc1.Pc1ccc(-n2c3ccccc3c3ccccc32)cc1.S=S.S=S=S.[CH3][Sn]([CH3])([CH3])[Cl].[CH3][Sn]([CH3])[CH3].[CH3][Sn]([CH3])[CH3]. The van der Waals surface area contributed by atoms with Crippen molar-refractivity contribution in [3.63, 3.8) is 0 Å². The fraction of sp³-hybridized carbons (Fsp3) is 0.217. The number of nitrogens with zero attached hydrogens (tertiary/aromatic N) is 2. The quantitative estimate of drug-likeness (QED) is 0.126. The maximum atomic E-state index is 5.74. The van der Waals surface area contributed by atoms with Gasteiger partial charge in [0.05, 0.1) is 22.1 Å². The van der Waals surface area contributed by atoms with E-state index in [4.69, 9.17) is 8.92 Å². The summed E-state index contributed by atoms with van der Waals surface area (Å²) in [5.74, 6) is 0. The Morgan fingerprint density at radius 3 is 0.814 bits per heavy atom. The first kappa shape index (κ1) is 56.6. The molecule has 2 radical (unpaired) electrons. The molecule has 59 heavy (non-hydrogen) atoms. The van der Waals surface area contributed by atoms with Gasteiger partial charge in [-0.2, -0.15) is 0 Å². The molecule has 0 saturated heterocycles. The zero-order valence-electron chi connectivity index (χ0n) is 34.8. The molecular weight excluding hydrogens is 1190 g/mol. The Kier molecular flexibility index (Phi) is 28.6. The minimum absolute atomic E-state index is 0. The fourth-order valence-corrected chi connectivity index (χ4v) is 6.03. The monoisotopic (exact) mass is 1260 g/mol. The van der Waals surface area contributed by atoms with Crippen molar-refractivity contribution < 1.29 is 0 Å². The molecule has 0 bridgehead atoms. The van der Waals surface area contributed by atoms with E-state index < -0.39 is 56.8 Å². The number of aromatic nitrogens is 2. The fourth-order valence-electron chi connectivity index (χ4n) is 5.65. The summed E-state index contributed by atoms with van der Waals surface area (Å²) in [5.41, 5.74) is 7.42. The summed E-state index contributed by atoms with van der Waals surface area (Å²) in [5, 5.41) is 7.62. The van der Waals surface area contributed by atoms with Gasteiger partial charge in [-0.25, -0.2) is 0 Å². The maximum absolute atomic E-state index is 5.74. The number of rotatable bonds is 2. The molecule has 0 aliphatic rings. The first-order valence-corrected chi connectivity index (χ1v) is 53.0. The minimum atomic E-state index is -1.71. The van der Waals surface area contributed by atoms with Crippen molar-refractivity contribution in [2.45, 2.75) is 51.9 Å². The second-order valence-corrected chi connectivity index (χ2v) is 54.7. The Bertz CT molecular complexity index is 2200. The Morgan fingerprint density at radius 1 is 0.458 bits per heavy atom. The van der Waals surface area contributed by atoms with Crippen molar-refractivity contribution in [2.75, 3.05) is 0 Å². The Hall–Kier alpha value is -0.434. The van der Waals surface area contributed by atoms with Gasteiger partial charge in [-0.1, -0.05) is 104 Å². The standard InChI is InChI=1S/2C18H14NP.CH4.9CH3.ClH.S3.S2.3Sn/c2*20-14-11-9-13(10-12-14)19-17-7-3-1-5-15(17)16-6-2-4-8-18(16)19;;;;;;;;;;;;1-3-2;1-2;;;/h2*1-12H,20H2;1H4;9*1H3;1H;;;;;/q;;;;;;;;;;;;;;;;;+1/p-1. The van der Waals surface area contributed by atoms with Crippen molar-refractivity contribution >= 4 is 192 Å². The first-order valence-electron chi connectivity index (χ1n) is 18.6. The second kappa shape index (κ2) is 29.8. The van der Waals surface area contributed by atoms with Gasteiger partial charge in [0.2, 0.25) is 0 Å². The average Bonchev–Trinajstić information content (AvgIpc) is 3.69. The molecule has 2 nitrogen and oxygen atoms in total. The summed E-state index contributed by atoms with van der Waals surface area (Å²) < 4.78 is 4.66. The zero-order valence-corrected chi connectivity index (χ0v) is 50.5. The molecule has 8 aromatic rings. The van der Waals surface area contributed by atoms with Gasteiger partial charge >= 0.3 is 110 Å². The molecule has 0 fully saturated rings. The third kappa shape index (κ3) is 19.5. The van der Waals surface area contributed by atoms with Crippen LogP contribution in [0, 0.1) is 0 Å². The molecular formula is C46H59ClN2P2S5Sn3. The van der Waals surface area contributed by atoms with Crippen molar-refractivity contribution in [3.8, 4) is 11.4 Å². The van der Waals surface area contributed by atoms with Crippen LogP contribution in [-0.4, -0.2) is 65.9 Å². The molecule has 2 atom stereocenters. The van der Waals surface area contributed by atoms with E-state index in [9.17, 15) is 0 Å². The molecule has 2 heterocycles. The van der Waals surface area contributed by atoms with E-state index >= 15 is 0 Å². The van der Waals surface area contributed by atoms with Gasteiger partial charge in [-0.05, 0) is 59.1 Å². The van der Waals surface area contributed by atoms with Crippen molar-refractivity contribution in [3.05, 3.63) is 146 Å². The molecule has 2 unspecified atom stereocenters. The molecule has 0 aliphatic carbocycles. The third-order valence-electron chi connectivity index (χ3n) is 7.46. The van der Waals surface area contributed by atoms with Gasteiger partial charge in [0.1, 0.15) is 0 Å². The van der Waals surface area contributed by atoms with Crippen LogP contribution in [0.25, 0.3) is 55.0 Å². The van der Waals surface area contributed by atoms with Crippen LogP contribution >= 0.6 is 27.4 Å². The molecule has 312 valence electrons. The van der Waals surface area contributed by atoms with Gasteiger partial charge in [-0.3, -0.25) is 0 Å². The van der Waals surface area contributed by atoms with E-state index in [0.29, 0.717) is 0 Å². The molecule has 6 aromatic carbocycles. The van der Waals surface area contributed by atoms with Crippen molar-refractivity contribution in [1.82, 2.24) is 9.13 Å². The zero-order chi connectivity index (χ0) is 43.4. The van der Waals surface area contributed by atoms with Gasteiger partial charge < -0.3 is 9.13 Å². The Morgan fingerprint density at radius 2 is 0.627 bits per heavy atom. The van der Waals surface area contributed by atoms with Crippen molar-refractivity contribution in [1.29, 1.82) is 0 Å².